The van der Waals surface area contributed by atoms with Gasteiger partial charge >= 0.3 is 0 Å². The van der Waals surface area contributed by atoms with Crippen molar-refractivity contribution in [3.8, 4) is 0 Å². The Hall–Kier alpha value is -3.13. The molecule has 134 valence electrons. The zero-order valence-electron chi connectivity index (χ0n) is 15.3. The van der Waals surface area contributed by atoms with Crippen molar-refractivity contribution < 1.29 is 4.79 Å². The van der Waals surface area contributed by atoms with Crippen molar-refractivity contribution in [2.75, 3.05) is 18.0 Å². The maximum absolute atomic E-state index is 13.2. The number of benzene rings is 2. The van der Waals surface area contributed by atoms with Crippen LogP contribution in [0.25, 0.3) is 6.08 Å². The lowest BCUT2D eigenvalue weighted by molar-refractivity contribution is -0.112. The van der Waals surface area contributed by atoms with E-state index >= 15 is 0 Å². The summed E-state index contributed by atoms with van der Waals surface area (Å²) in [6.45, 7) is 1.27. The van der Waals surface area contributed by atoms with Crippen LogP contribution in [0.3, 0.4) is 0 Å². The lowest BCUT2D eigenvalue weighted by Gasteiger charge is -2.32. The molecule has 2 heteroatoms. The number of ketones is 1. The van der Waals surface area contributed by atoms with Crippen molar-refractivity contribution in [2.24, 2.45) is 0 Å². The first-order valence-electron chi connectivity index (χ1n) is 9.47. The molecule has 1 aliphatic heterocycles. The van der Waals surface area contributed by atoms with E-state index in [9.17, 15) is 4.79 Å². The number of allylic oxidation sites excluding steroid dienone is 5. The number of para-hydroxylation sites is 1. The highest BCUT2D eigenvalue weighted by Crippen LogP contribution is 2.26. The number of Topliss-reactive ketones (excluding diaryl/α,β-unsaturated/α-hetero) is 1. The van der Waals surface area contributed by atoms with Gasteiger partial charge in [0.05, 0.1) is 0 Å². The number of hydrogen-bond donors (Lipinski definition) is 0. The normalized spacial score (nSPS) is 20.2. The predicted octanol–water partition coefficient (Wildman–Crippen LogP) is 5.36. The minimum absolute atomic E-state index is 0.158. The van der Waals surface area contributed by atoms with Crippen molar-refractivity contribution >= 4 is 17.5 Å². The molecule has 4 rings (SSSR count). The molecule has 2 aromatic rings. The standard InChI is InChI=1S/C25H23NO/c27-25-22(16-20-10-4-1-5-11-20)18-26(24-14-8-3-9-15-24)19-23(25)17-21-12-6-2-7-13-21/h1,3-6,8-17H,2,7,18-19H2/b22-16+,23-17+. The Kier molecular flexibility index (Phi) is 5.15. The molecule has 2 nitrogen and oxygen atoms in total. The molecule has 0 atom stereocenters. The highest BCUT2D eigenvalue weighted by Gasteiger charge is 2.26. The second kappa shape index (κ2) is 8.05. The van der Waals surface area contributed by atoms with Crippen molar-refractivity contribution in [1.29, 1.82) is 0 Å². The molecule has 0 saturated carbocycles. The molecule has 0 spiro atoms. The summed E-state index contributed by atoms with van der Waals surface area (Å²) < 4.78 is 0. The van der Waals surface area contributed by atoms with Gasteiger partial charge in [0, 0.05) is 29.9 Å². The second-order valence-electron chi connectivity index (χ2n) is 6.95. The molecular formula is C25H23NO. The summed E-state index contributed by atoms with van der Waals surface area (Å²) in [6.07, 6.45) is 12.7. The Morgan fingerprint density at radius 1 is 0.778 bits per heavy atom. The number of hydrogen-bond acceptors (Lipinski definition) is 2. The summed E-state index contributed by atoms with van der Waals surface area (Å²) in [5.41, 5.74) is 5.03. The van der Waals surface area contributed by atoms with E-state index < -0.39 is 0 Å². The smallest absolute Gasteiger partial charge is 0.188 e. The maximum Gasteiger partial charge on any atom is 0.188 e. The topological polar surface area (TPSA) is 20.3 Å². The largest absolute Gasteiger partial charge is 0.363 e. The number of carbonyl (C=O) groups is 1. The molecule has 1 heterocycles. The Labute approximate surface area is 160 Å². The summed E-state index contributed by atoms with van der Waals surface area (Å²) in [4.78, 5) is 15.4. The average molecular weight is 353 g/mol. The average Bonchev–Trinajstić information content (AvgIpc) is 2.73. The number of anilines is 1. The van der Waals surface area contributed by atoms with Gasteiger partial charge in [0.1, 0.15) is 0 Å². The third kappa shape index (κ3) is 4.17. The highest BCUT2D eigenvalue weighted by molar-refractivity contribution is 6.13. The fourth-order valence-corrected chi connectivity index (χ4v) is 3.55. The van der Waals surface area contributed by atoms with Crippen LogP contribution in [-0.2, 0) is 4.79 Å². The number of nitrogens with zero attached hydrogens (tertiary/aromatic N) is 1. The third-order valence-corrected chi connectivity index (χ3v) is 4.93. The molecule has 0 unspecified atom stereocenters. The van der Waals surface area contributed by atoms with Crippen molar-refractivity contribution in [3.63, 3.8) is 0 Å². The van der Waals surface area contributed by atoms with Gasteiger partial charge in [-0.25, -0.2) is 0 Å². The summed E-state index contributed by atoms with van der Waals surface area (Å²) in [6, 6.07) is 20.4. The number of piperidine rings is 1. The van der Waals surface area contributed by atoms with Crippen LogP contribution in [-0.4, -0.2) is 18.9 Å². The van der Waals surface area contributed by atoms with Crippen LogP contribution < -0.4 is 4.90 Å². The third-order valence-electron chi connectivity index (χ3n) is 4.93. The zero-order chi connectivity index (χ0) is 18.5. The molecule has 27 heavy (non-hydrogen) atoms. The summed E-state index contributed by atoms with van der Waals surface area (Å²) in [5.74, 6) is 0.158. The van der Waals surface area contributed by atoms with Crippen molar-refractivity contribution in [1.82, 2.24) is 0 Å². The molecule has 0 amide bonds. The molecule has 2 aromatic carbocycles. The van der Waals surface area contributed by atoms with Crippen molar-refractivity contribution in [3.05, 3.63) is 107 Å². The summed E-state index contributed by atoms with van der Waals surface area (Å²) in [5, 5.41) is 0. The monoisotopic (exact) mass is 353 g/mol. The molecule has 0 aromatic heterocycles. The minimum atomic E-state index is 0.158. The molecule has 1 fully saturated rings. The molecule has 2 aliphatic rings. The van der Waals surface area contributed by atoms with Crippen LogP contribution in [0.2, 0.25) is 0 Å². The minimum Gasteiger partial charge on any atom is -0.363 e. The van der Waals surface area contributed by atoms with Crippen LogP contribution in [0, 0.1) is 0 Å². The van der Waals surface area contributed by atoms with Crippen LogP contribution in [0.1, 0.15) is 18.4 Å². The van der Waals surface area contributed by atoms with Gasteiger partial charge < -0.3 is 4.90 Å². The van der Waals surface area contributed by atoms with Gasteiger partial charge in [-0.1, -0.05) is 66.8 Å². The van der Waals surface area contributed by atoms with Crippen molar-refractivity contribution in [2.45, 2.75) is 12.8 Å². The Morgan fingerprint density at radius 2 is 1.44 bits per heavy atom. The van der Waals surface area contributed by atoms with Gasteiger partial charge in [0.25, 0.3) is 0 Å². The summed E-state index contributed by atoms with van der Waals surface area (Å²) >= 11 is 0. The summed E-state index contributed by atoms with van der Waals surface area (Å²) in [7, 11) is 0. The maximum atomic E-state index is 13.2. The lowest BCUT2D eigenvalue weighted by Crippen LogP contribution is -2.37. The van der Waals surface area contributed by atoms with E-state index in [1.165, 1.54) is 0 Å². The van der Waals surface area contributed by atoms with Gasteiger partial charge in [-0.15, -0.1) is 0 Å². The molecule has 0 bridgehead atoms. The zero-order valence-corrected chi connectivity index (χ0v) is 15.3. The molecule has 0 radical (unpaired) electrons. The lowest BCUT2D eigenvalue weighted by atomic mass is 9.93. The number of rotatable bonds is 3. The quantitative estimate of drug-likeness (QED) is 0.692. The van der Waals surface area contributed by atoms with Gasteiger partial charge in [-0.2, -0.15) is 0 Å². The van der Waals surface area contributed by atoms with Gasteiger partial charge in [0.15, 0.2) is 5.78 Å². The van der Waals surface area contributed by atoms with E-state index in [-0.39, 0.29) is 5.78 Å². The molecule has 0 N–H and O–H groups in total. The Morgan fingerprint density at radius 3 is 2.11 bits per heavy atom. The second-order valence-corrected chi connectivity index (χ2v) is 6.95. The van der Waals surface area contributed by atoms with E-state index in [4.69, 9.17) is 0 Å². The SMILES string of the molecule is O=C1/C(=C/C2=CCCC=C2)CN(c2ccccc2)C/C1=C\c1ccccc1. The highest BCUT2D eigenvalue weighted by atomic mass is 16.1. The van der Waals surface area contributed by atoms with Crippen LogP contribution in [0.5, 0.6) is 0 Å². The first kappa shape index (κ1) is 17.3. The van der Waals surface area contributed by atoms with Gasteiger partial charge in [-0.3, -0.25) is 4.79 Å². The number of carbonyl (C=O) groups excluding carboxylic acids is 1. The molecule has 1 saturated heterocycles. The van der Waals surface area contributed by atoms with E-state index in [0.29, 0.717) is 13.1 Å². The Balaban J connectivity index is 1.71. The van der Waals surface area contributed by atoms with E-state index in [1.807, 2.05) is 54.6 Å². The molecular weight excluding hydrogens is 330 g/mol. The van der Waals surface area contributed by atoms with Gasteiger partial charge in [-0.05, 0) is 48.3 Å². The first-order valence-corrected chi connectivity index (χ1v) is 9.47. The van der Waals surface area contributed by atoms with Crippen LogP contribution in [0.4, 0.5) is 5.69 Å². The molecule has 1 aliphatic carbocycles. The van der Waals surface area contributed by atoms with E-state index in [2.05, 4.69) is 41.3 Å². The fourth-order valence-electron chi connectivity index (χ4n) is 3.55. The van der Waals surface area contributed by atoms with Crippen LogP contribution in [0.15, 0.2) is 102 Å². The van der Waals surface area contributed by atoms with E-state index in [1.54, 1.807) is 0 Å². The van der Waals surface area contributed by atoms with E-state index in [0.717, 1.165) is 40.8 Å². The fraction of sp³-hybridized carbons (Fsp3) is 0.160. The predicted molar refractivity (Wildman–Crippen MR) is 113 cm³/mol. The van der Waals surface area contributed by atoms with Gasteiger partial charge in [0.2, 0.25) is 0 Å². The first-order chi connectivity index (χ1) is 13.3. The Bertz CT molecular complexity index is 933. The van der Waals surface area contributed by atoms with Crippen LogP contribution >= 0.6 is 0 Å².